The quantitative estimate of drug-likeness (QED) is 0.844. The highest BCUT2D eigenvalue weighted by Crippen LogP contribution is 2.33. The van der Waals surface area contributed by atoms with Crippen molar-refractivity contribution in [3.8, 4) is 0 Å². The van der Waals surface area contributed by atoms with Crippen LogP contribution in [0.5, 0.6) is 0 Å². The van der Waals surface area contributed by atoms with E-state index in [2.05, 4.69) is 17.1 Å². The molecule has 2 heterocycles. The summed E-state index contributed by atoms with van der Waals surface area (Å²) in [5, 5.41) is 3.04. The minimum absolute atomic E-state index is 0.0503. The summed E-state index contributed by atoms with van der Waals surface area (Å²) in [5.41, 5.74) is -0.573. The lowest BCUT2D eigenvalue weighted by molar-refractivity contribution is -0.139. The summed E-state index contributed by atoms with van der Waals surface area (Å²) in [6, 6.07) is 0. The lowest BCUT2D eigenvalue weighted by atomic mass is 9.95. The average Bonchev–Trinajstić information content (AvgIpc) is 3.09. The van der Waals surface area contributed by atoms with Gasteiger partial charge in [0.05, 0.1) is 0 Å². The number of likely N-dealkylation sites (tertiary alicyclic amines) is 1. The van der Waals surface area contributed by atoms with E-state index < -0.39 is 5.54 Å². The monoisotopic (exact) mass is 293 g/mol. The second kappa shape index (κ2) is 5.95. The minimum Gasteiger partial charge on any atom is -0.342 e. The molecular formula is C16H27N3O2. The molecule has 2 aliphatic heterocycles. The highest BCUT2D eigenvalue weighted by molar-refractivity contribution is 5.93. The van der Waals surface area contributed by atoms with Gasteiger partial charge in [0, 0.05) is 26.1 Å². The topological polar surface area (TPSA) is 52.6 Å². The molecule has 3 fully saturated rings. The van der Waals surface area contributed by atoms with Crippen molar-refractivity contribution in [2.75, 3.05) is 32.7 Å². The molecule has 1 N–H and O–H groups in total. The van der Waals surface area contributed by atoms with E-state index in [1.807, 2.05) is 4.90 Å². The molecule has 3 rings (SSSR count). The number of rotatable bonds is 3. The molecule has 5 heteroatoms. The van der Waals surface area contributed by atoms with Gasteiger partial charge in [0.25, 0.3) is 0 Å². The third kappa shape index (κ3) is 2.93. The molecule has 1 spiro atoms. The Labute approximate surface area is 127 Å². The van der Waals surface area contributed by atoms with Crippen molar-refractivity contribution in [1.82, 2.24) is 15.1 Å². The molecule has 21 heavy (non-hydrogen) atoms. The summed E-state index contributed by atoms with van der Waals surface area (Å²) in [4.78, 5) is 29.3. The third-order valence-electron chi connectivity index (χ3n) is 5.44. The van der Waals surface area contributed by atoms with Crippen molar-refractivity contribution < 1.29 is 9.59 Å². The number of nitrogens with zero attached hydrogens (tertiary/aromatic N) is 2. The molecule has 2 amide bonds. The van der Waals surface area contributed by atoms with Crippen LogP contribution < -0.4 is 5.32 Å². The first-order valence-corrected chi connectivity index (χ1v) is 8.46. The van der Waals surface area contributed by atoms with Gasteiger partial charge in [0.2, 0.25) is 11.8 Å². The summed E-state index contributed by atoms with van der Waals surface area (Å²) in [6.45, 7) is 6.94. The van der Waals surface area contributed by atoms with Gasteiger partial charge in [0.15, 0.2) is 0 Å². The van der Waals surface area contributed by atoms with Gasteiger partial charge in [-0.25, -0.2) is 0 Å². The fourth-order valence-electron chi connectivity index (χ4n) is 4.18. The summed E-state index contributed by atoms with van der Waals surface area (Å²) in [6.07, 6.45) is 5.36. The van der Waals surface area contributed by atoms with Crippen LogP contribution in [-0.4, -0.2) is 59.9 Å². The van der Waals surface area contributed by atoms with Gasteiger partial charge in [-0.2, -0.15) is 0 Å². The predicted octanol–water partition coefficient (Wildman–Crippen LogP) is 0.989. The smallest absolute Gasteiger partial charge is 0.248 e. The van der Waals surface area contributed by atoms with Crippen LogP contribution in [0.15, 0.2) is 0 Å². The van der Waals surface area contributed by atoms with E-state index in [1.54, 1.807) is 0 Å². The van der Waals surface area contributed by atoms with Gasteiger partial charge in [-0.1, -0.05) is 19.8 Å². The lowest BCUT2D eigenvalue weighted by Gasteiger charge is -2.33. The summed E-state index contributed by atoms with van der Waals surface area (Å²) in [5.74, 6) is 0.802. The van der Waals surface area contributed by atoms with Crippen LogP contribution in [0.2, 0.25) is 0 Å². The molecule has 1 unspecified atom stereocenters. The van der Waals surface area contributed by atoms with E-state index in [0.717, 1.165) is 51.9 Å². The molecule has 0 radical (unpaired) electrons. The highest BCUT2D eigenvalue weighted by Gasteiger charge is 2.46. The van der Waals surface area contributed by atoms with E-state index in [4.69, 9.17) is 0 Å². The maximum Gasteiger partial charge on any atom is 0.248 e. The zero-order valence-corrected chi connectivity index (χ0v) is 13.1. The molecule has 1 saturated carbocycles. The van der Waals surface area contributed by atoms with E-state index in [-0.39, 0.29) is 11.8 Å². The molecule has 0 aromatic heterocycles. The SMILES string of the molecule is CCN1CCC(CN2CCC(=O)NC3(CCCC3)C2=O)C1. The molecule has 1 aliphatic carbocycles. The Balaban J connectivity index is 1.69. The lowest BCUT2D eigenvalue weighted by Crippen LogP contribution is -2.56. The van der Waals surface area contributed by atoms with Gasteiger partial charge in [-0.3, -0.25) is 9.59 Å². The average molecular weight is 293 g/mol. The number of carbonyl (C=O) groups excluding carboxylic acids is 2. The van der Waals surface area contributed by atoms with E-state index in [0.29, 0.717) is 18.9 Å². The number of amides is 2. The van der Waals surface area contributed by atoms with Gasteiger partial charge in [0.1, 0.15) is 5.54 Å². The number of hydrogen-bond acceptors (Lipinski definition) is 3. The van der Waals surface area contributed by atoms with Crippen LogP contribution in [-0.2, 0) is 9.59 Å². The molecule has 0 bridgehead atoms. The van der Waals surface area contributed by atoms with Crippen LogP contribution in [0.1, 0.15) is 45.4 Å². The normalized spacial score (nSPS) is 30.0. The van der Waals surface area contributed by atoms with Crippen molar-refractivity contribution in [2.24, 2.45) is 5.92 Å². The standard InChI is InChI=1S/C16H27N3O2/c1-2-18-9-5-13(11-18)12-19-10-6-14(20)17-16(15(19)21)7-3-4-8-16/h13H,2-12H2,1H3,(H,17,20). The maximum atomic E-state index is 13.0. The van der Waals surface area contributed by atoms with E-state index >= 15 is 0 Å². The van der Waals surface area contributed by atoms with E-state index in [1.165, 1.54) is 6.42 Å². The predicted molar refractivity (Wildman–Crippen MR) is 80.8 cm³/mol. The second-order valence-corrected chi connectivity index (χ2v) is 6.89. The molecule has 5 nitrogen and oxygen atoms in total. The van der Waals surface area contributed by atoms with Crippen LogP contribution >= 0.6 is 0 Å². The Morgan fingerprint density at radius 3 is 2.67 bits per heavy atom. The zero-order valence-electron chi connectivity index (χ0n) is 13.1. The van der Waals surface area contributed by atoms with Crippen LogP contribution in [0.4, 0.5) is 0 Å². The number of nitrogens with one attached hydrogen (secondary N) is 1. The molecule has 0 aromatic carbocycles. The van der Waals surface area contributed by atoms with Crippen molar-refractivity contribution >= 4 is 11.8 Å². The maximum absolute atomic E-state index is 13.0. The molecule has 1 atom stereocenters. The fraction of sp³-hybridized carbons (Fsp3) is 0.875. The first-order chi connectivity index (χ1) is 10.1. The first kappa shape index (κ1) is 14.8. The Bertz CT molecular complexity index is 418. The Morgan fingerprint density at radius 1 is 1.24 bits per heavy atom. The largest absolute Gasteiger partial charge is 0.342 e. The van der Waals surface area contributed by atoms with Gasteiger partial charge in [-0.15, -0.1) is 0 Å². The summed E-state index contributed by atoms with van der Waals surface area (Å²) < 4.78 is 0. The van der Waals surface area contributed by atoms with Crippen molar-refractivity contribution in [2.45, 2.75) is 51.0 Å². The Hall–Kier alpha value is -1.10. The second-order valence-electron chi connectivity index (χ2n) is 6.89. The summed E-state index contributed by atoms with van der Waals surface area (Å²) in [7, 11) is 0. The van der Waals surface area contributed by atoms with Gasteiger partial charge in [-0.05, 0) is 38.3 Å². The van der Waals surface area contributed by atoms with Crippen molar-refractivity contribution in [3.05, 3.63) is 0 Å². The third-order valence-corrected chi connectivity index (χ3v) is 5.44. The molecule has 3 aliphatic rings. The Morgan fingerprint density at radius 2 is 2.00 bits per heavy atom. The fourth-order valence-corrected chi connectivity index (χ4v) is 4.18. The van der Waals surface area contributed by atoms with Gasteiger partial charge < -0.3 is 15.1 Å². The summed E-state index contributed by atoms with van der Waals surface area (Å²) >= 11 is 0. The van der Waals surface area contributed by atoms with Crippen molar-refractivity contribution in [3.63, 3.8) is 0 Å². The van der Waals surface area contributed by atoms with E-state index in [9.17, 15) is 9.59 Å². The minimum atomic E-state index is -0.573. The highest BCUT2D eigenvalue weighted by atomic mass is 16.2. The molecule has 2 saturated heterocycles. The molecule has 0 aromatic rings. The first-order valence-electron chi connectivity index (χ1n) is 8.46. The van der Waals surface area contributed by atoms with Crippen LogP contribution in [0.25, 0.3) is 0 Å². The molecule has 118 valence electrons. The number of hydrogen-bond donors (Lipinski definition) is 1. The molecular weight excluding hydrogens is 266 g/mol. The van der Waals surface area contributed by atoms with Crippen LogP contribution in [0, 0.1) is 5.92 Å². The Kier molecular flexibility index (Phi) is 4.20. The van der Waals surface area contributed by atoms with Crippen LogP contribution in [0.3, 0.4) is 0 Å². The van der Waals surface area contributed by atoms with Crippen molar-refractivity contribution in [1.29, 1.82) is 0 Å². The van der Waals surface area contributed by atoms with Gasteiger partial charge >= 0.3 is 0 Å². The number of carbonyl (C=O) groups is 2. The zero-order chi connectivity index (χ0) is 14.9.